The molecule has 0 saturated heterocycles. The van der Waals surface area contributed by atoms with Gasteiger partial charge in [-0.25, -0.2) is 13.2 Å². The lowest BCUT2D eigenvalue weighted by Gasteiger charge is -2.10. The summed E-state index contributed by atoms with van der Waals surface area (Å²) < 4.78 is 44.4. The van der Waals surface area contributed by atoms with Crippen LogP contribution in [0.15, 0.2) is 78.9 Å². The van der Waals surface area contributed by atoms with Gasteiger partial charge in [-0.3, -0.25) is 0 Å². The molecule has 0 bridgehead atoms. The summed E-state index contributed by atoms with van der Waals surface area (Å²) in [6, 6.07) is 23.3. The third-order valence-corrected chi connectivity index (χ3v) is 6.45. The third-order valence-electron chi connectivity index (χ3n) is 6.45. The highest BCUT2D eigenvalue weighted by molar-refractivity contribution is 5.74. The second-order valence-corrected chi connectivity index (χ2v) is 9.15. The van der Waals surface area contributed by atoms with E-state index in [9.17, 15) is 8.78 Å². The lowest BCUT2D eigenvalue weighted by atomic mass is 9.97. The van der Waals surface area contributed by atoms with Crippen LogP contribution in [0.2, 0.25) is 0 Å². The van der Waals surface area contributed by atoms with E-state index in [4.69, 9.17) is 0 Å². The fourth-order valence-electron chi connectivity index (χ4n) is 4.34. The molecule has 0 heterocycles. The van der Waals surface area contributed by atoms with E-state index in [-0.39, 0.29) is 16.9 Å². The number of aryl methyl sites for hydroxylation is 2. The van der Waals surface area contributed by atoms with Crippen LogP contribution < -0.4 is 0 Å². The molecule has 0 amide bonds. The number of rotatable bonds is 9. The fraction of sp³-hybridized carbons (Fsp3) is 0.212. The lowest BCUT2D eigenvalue weighted by molar-refractivity contribution is 0.514. The monoisotopic (exact) mass is 484 g/mol. The zero-order chi connectivity index (χ0) is 25.5. The molecule has 0 saturated carbocycles. The predicted octanol–water partition coefficient (Wildman–Crippen LogP) is 9.90. The molecule has 0 nitrogen and oxygen atoms in total. The van der Waals surface area contributed by atoms with E-state index < -0.39 is 11.6 Å². The van der Waals surface area contributed by atoms with Gasteiger partial charge >= 0.3 is 0 Å². The minimum absolute atomic E-state index is 0.211. The van der Waals surface area contributed by atoms with Crippen molar-refractivity contribution in [3.05, 3.63) is 119 Å². The minimum atomic E-state index is -0.862. The standard InChI is InChI=1S/C33H31F3/c1-3-5-7-25-13-19-28(31(34)22-25)18-12-24-10-16-27(17-11-24)30-21-20-29(32(35)33(30)36)26-14-8-23(6-4-2)9-15-26/h8-22H,3-7H2,1-2H3. The van der Waals surface area contributed by atoms with Gasteiger partial charge in [0.1, 0.15) is 5.82 Å². The van der Waals surface area contributed by atoms with Crippen LogP contribution in [0, 0.1) is 17.5 Å². The Morgan fingerprint density at radius 2 is 1.17 bits per heavy atom. The summed E-state index contributed by atoms with van der Waals surface area (Å²) in [5.74, 6) is -1.95. The fourth-order valence-corrected chi connectivity index (χ4v) is 4.34. The molecule has 0 aliphatic carbocycles. The smallest absolute Gasteiger partial charge is 0.167 e. The zero-order valence-corrected chi connectivity index (χ0v) is 20.8. The highest BCUT2D eigenvalue weighted by atomic mass is 19.2. The normalized spacial score (nSPS) is 11.4. The molecule has 0 aliphatic rings. The lowest BCUT2D eigenvalue weighted by Crippen LogP contribution is -1.94. The van der Waals surface area contributed by atoms with E-state index in [1.165, 1.54) is 5.56 Å². The molecular formula is C33H31F3. The van der Waals surface area contributed by atoms with Crippen LogP contribution >= 0.6 is 0 Å². The van der Waals surface area contributed by atoms with Crippen molar-refractivity contribution < 1.29 is 13.2 Å². The molecule has 0 aromatic heterocycles. The first-order valence-electron chi connectivity index (χ1n) is 12.6. The SMILES string of the molecule is CCCCc1ccc(C=Cc2ccc(-c3ccc(-c4ccc(CCC)cc4)c(F)c3F)cc2)c(F)c1. The summed E-state index contributed by atoms with van der Waals surface area (Å²) in [5.41, 5.74) is 5.25. The predicted molar refractivity (Wildman–Crippen MR) is 145 cm³/mol. The van der Waals surface area contributed by atoms with Gasteiger partial charge in [0.15, 0.2) is 11.6 Å². The summed E-state index contributed by atoms with van der Waals surface area (Å²) in [6.07, 6.45) is 8.54. The van der Waals surface area contributed by atoms with Crippen molar-refractivity contribution in [2.24, 2.45) is 0 Å². The summed E-state index contributed by atoms with van der Waals surface area (Å²) >= 11 is 0. The van der Waals surface area contributed by atoms with E-state index >= 15 is 4.39 Å². The van der Waals surface area contributed by atoms with Crippen LogP contribution in [-0.2, 0) is 12.8 Å². The molecule has 4 aromatic rings. The maximum Gasteiger partial charge on any atom is 0.167 e. The molecule has 0 radical (unpaired) electrons. The Hall–Kier alpha value is -3.59. The minimum Gasteiger partial charge on any atom is -0.206 e. The number of hydrogen-bond donors (Lipinski definition) is 0. The highest BCUT2D eigenvalue weighted by Gasteiger charge is 2.16. The molecular weight excluding hydrogens is 453 g/mol. The van der Waals surface area contributed by atoms with Crippen molar-refractivity contribution in [2.75, 3.05) is 0 Å². The van der Waals surface area contributed by atoms with E-state index in [1.54, 1.807) is 42.5 Å². The van der Waals surface area contributed by atoms with Crippen molar-refractivity contribution in [2.45, 2.75) is 46.0 Å². The Morgan fingerprint density at radius 3 is 1.72 bits per heavy atom. The molecule has 0 atom stereocenters. The topological polar surface area (TPSA) is 0 Å². The van der Waals surface area contributed by atoms with Crippen molar-refractivity contribution in [3.8, 4) is 22.3 Å². The van der Waals surface area contributed by atoms with Crippen molar-refractivity contribution in [1.82, 2.24) is 0 Å². The second kappa shape index (κ2) is 11.9. The van der Waals surface area contributed by atoms with Crippen LogP contribution in [0.25, 0.3) is 34.4 Å². The van der Waals surface area contributed by atoms with Crippen molar-refractivity contribution in [1.29, 1.82) is 0 Å². The Morgan fingerprint density at radius 1 is 0.583 bits per heavy atom. The second-order valence-electron chi connectivity index (χ2n) is 9.15. The number of hydrogen-bond acceptors (Lipinski definition) is 0. The molecule has 3 heteroatoms. The summed E-state index contributed by atoms with van der Waals surface area (Å²) in [4.78, 5) is 0. The average Bonchev–Trinajstić information content (AvgIpc) is 2.90. The van der Waals surface area contributed by atoms with Gasteiger partial charge in [0.2, 0.25) is 0 Å². The first-order valence-corrected chi connectivity index (χ1v) is 12.6. The van der Waals surface area contributed by atoms with Crippen molar-refractivity contribution in [3.63, 3.8) is 0 Å². The number of benzene rings is 4. The Bertz CT molecular complexity index is 1330. The van der Waals surface area contributed by atoms with E-state index in [0.717, 1.165) is 43.2 Å². The largest absolute Gasteiger partial charge is 0.206 e. The molecule has 184 valence electrons. The van der Waals surface area contributed by atoms with Gasteiger partial charge in [0, 0.05) is 16.7 Å². The Labute approximate surface area is 212 Å². The maximum absolute atomic E-state index is 15.0. The summed E-state index contributed by atoms with van der Waals surface area (Å²) in [7, 11) is 0. The number of unbranched alkanes of at least 4 members (excludes halogenated alkanes) is 1. The molecule has 0 spiro atoms. The third kappa shape index (κ3) is 5.96. The van der Waals surface area contributed by atoms with E-state index in [0.29, 0.717) is 16.7 Å². The van der Waals surface area contributed by atoms with Crippen LogP contribution in [0.4, 0.5) is 13.2 Å². The first-order chi connectivity index (χ1) is 17.5. The van der Waals surface area contributed by atoms with Gasteiger partial charge in [-0.2, -0.15) is 0 Å². The number of halogens is 3. The zero-order valence-electron chi connectivity index (χ0n) is 20.8. The molecule has 4 aromatic carbocycles. The molecule has 4 rings (SSSR count). The van der Waals surface area contributed by atoms with Gasteiger partial charge < -0.3 is 0 Å². The van der Waals surface area contributed by atoms with Crippen LogP contribution in [0.3, 0.4) is 0 Å². The van der Waals surface area contributed by atoms with Gasteiger partial charge in [-0.15, -0.1) is 0 Å². The van der Waals surface area contributed by atoms with E-state index in [2.05, 4.69) is 13.8 Å². The molecule has 0 unspecified atom stereocenters. The maximum atomic E-state index is 15.0. The molecule has 36 heavy (non-hydrogen) atoms. The quantitative estimate of drug-likeness (QED) is 0.207. The van der Waals surface area contributed by atoms with E-state index in [1.807, 2.05) is 48.5 Å². The first kappa shape index (κ1) is 25.5. The summed E-state index contributed by atoms with van der Waals surface area (Å²) in [6.45, 7) is 4.23. The van der Waals surface area contributed by atoms with Gasteiger partial charge in [0.25, 0.3) is 0 Å². The van der Waals surface area contributed by atoms with Crippen LogP contribution in [0.5, 0.6) is 0 Å². The van der Waals surface area contributed by atoms with Crippen LogP contribution in [-0.4, -0.2) is 0 Å². The van der Waals surface area contributed by atoms with Gasteiger partial charge in [-0.05, 0) is 53.1 Å². The molecule has 0 fully saturated rings. The Kier molecular flexibility index (Phi) is 8.43. The molecule has 0 N–H and O–H groups in total. The van der Waals surface area contributed by atoms with Gasteiger partial charge in [-0.1, -0.05) is 112 Å². The van der Waals surface area contributed by atoms with Gasteiger partial charge in [0.05, 0.1) is 0 Å². The average molecular weight is 485 g/mol. The molecule has 0 aliphatic heterocycles. The summed E-state index contributed by atoms with van der Waals surface area (Å²) in [5, 5.41) is 0. The Balaban J connectivity index is 1.51. The highest BCUT2D eigenvalue weighted by Crippen LogP contribution is 2.32. The van der Waals surface area contributed by atoms with Crippen LogP contribution in [0.1, 0.15) is 55.4 Å². The van der Waals surface area contributed by atoms with Crippen molar-refractivity contribution >= 4 is 12.2 Å².